The van der Waals surface area contributed by atoms with Crippen molar-refractivity contribution in [2.24, 2.45) is 10.1 Å². The van der Waals surface area contributed by atoms with Crippen LogP contribution in [0.25, 0.3) is 5.70 Å². The molecule has 2 rings (SSSR count). The molecule has 0 saturated heterocycles. The Morgan fingerprint density at radius 1 is 1.32 bits per heavy atom. The summed E-state index contributed by atoms with van der Waals surface area (Å²) < 4.78 is 0. The summed E-state index contributed by atoms with van der Waals surface area (Å²) in [7, 11) is 0. The van der Waals surface area contributed by atoms with Crippen molar-refractivity contribution in [3.05, 3.63) is 72.3 Å². The summed E-state index contributed by atoms with van der Waals surface area (Å²) >= 11 is 5.97. The summed E-state index contributed by atoms with van der Waals surface area (Å²) in [6.45, 7) is 17.3. The smallest absolute Gasteiger partial charge is 0.105 e. The standard InChI is InChI=1S/C19H22ClN5/c1-6-22-13(2)12-25-14(3)7-8-19(24-25)16(5)23-15(4)17-9-18(20)11-21-10-17/h7-11,22H,2-4,6,12H2,1,5H3. The molecule has 0 spiro atoms. The quantitative estimate of drug-likeness (QED) is 0.751. The van der Waals surface area contributed by atoms with Crippen molar-refractivity contribution in [3.63, 3.8) is 0 Å². The highest BCUT2D eigenvalue weighted by Crippen LogP contribution is 2.18. The van der Waals surface area contributed by atoms with Crippen LogP contribution in [0, 0.1) is 0 Å². The maximum absolute atomic E-state index is 5.97. The zero-order valence-electron chi connectivity index (χ0n) is 14.6. The van der Waals surface area contributed by atoms with E-state index in [2.05, 4.69) is 40.1 Å². The molecule has 1 N–H and O–H groups in total. The van der Waals surface area contributed by atoms with Gasteiger partial charge in [-0.05, 0) is 32.1 Å². The SMILES string of the molecule is C=C(CN1N=C(C(C)=NC(=C)c2cncc(Cl)c2)C=CC1=C)NCC. The number of halogens is 1. The summed E-state index contributed by atoms with van der Waals surface area (Å²) in [4.78, 5) is 8.59. The topological polar surface area (TPSA) is 52.9 Å². The third-order valence-corrected chi connectivity index (χ3v) is 3.68. The van der Waals surface area contributed by atoms with E-state index in [9.17, 15) is 0 Å². The molecule has 0 bridgehead atoms. The molecule has 1 aliphatic heterocycles. The van der Waals surface area contributed by atoms with Crippen molar-refractivity contribution in [3.8, 4) is 0 Å². The zero-order chi connectivity index (χ0) is 18.4. The fourth-order valence-electron chi connectivity index (χ4n) is 2.20. The molecule has 25 heavy (non-hydrogen) atoms. The van der Waals surface area contributed by atoms with Crippen LogP contribution in [0.4, 0.5) is 0 Å². The highest BCUT2D eigenvalue weighted by molar-refractivity contribution is 6.46. The molecule has 0 radical (unpaired) electrons. The molecule has 0 unspecified atom stereocenters. The lowest BCUT2D eigenvalue weighted by Gasteiger charge is -2.24. The van der Waals surface area contributed by atoms with E-state index >= 15 is 0 Å². The van der Waals surface area contributed by atoms with Crippen molar-refractivity contribution < 1.29 is 0 Å². The Hall–Kier alpha value is -2.66. The van der Waals surface area contributed by atoms with E-state index < -0.39 is 0 Å². The molecule has 1 aromatic heterocycles. The Balaban J connectivity index is 2.18. The Bertz CT molecular complexity index is 789. The van der Waals surface area contributed by atoms with E-state index in [-0.39, 0.29) is 0 Å². The Morgan fingerprint density at radius 3 is 2.76 bits per heavy atom. The predicted octanol–water partition coefficient (Wildman–Crippen LogP) is 4.03. The largest absolute Gasteiger partial charge is 0.388 e. The first kappa shape index (κ1) is 18.7. The minimum Gasteiger partial charge on any atom is -0.388 e. The van der Waals surface area contributed by atoms with Crippen LogP contribution in [0.15, 0.2) is 71.8 Å². The van der Waals surface area contributed by atoms with E-state index in [0.717, 1.165) is 34.9 Å². The number of nitrogens with one attached hydrogen (secondary N) is 1. The minimum atomic E-state index is 0.547. The average Bonchev–Trinajstić information content (AvgIpc) is 2.57. The normalized spacial score (nSPS) is 14.4. The second-order valence-electron chi connectivity index (χ2n) is 5.54. The second kappa shape index (κ2) is 8.44. The molecule has 6 heteroatoms. The number of aromatic nitrogens is 1. The number of allylic oxidation sites excluding steroid dienone is 2. The van der Waals surface area contributed by atoms with Crippen LogP contribution in [0.1, 0.15) is 19.4 Å². The molecule has 1 aromatic rings. The maximum Gasteiger partial charge on any atom is 0.105 e. The highest BCUT2D eigenvalue weighted by atomic mass is 35.5. The molecule has 2 heterocycles. The van der Waals surface area contributed by atoms with Crippen LogP contribution in [-0.2, 0) is 0 Å². The fourth-order valence-corrected chi connectivity index (χ4v) is 2.37. The summed E-state index contributed by atoms with van der Waals surface area (Å²) in [5, 5.41) is 10.1. The van der Waals surface area contributed by atoms with Gasteiger partial charge in [-0.2, -0.15) is 5.10 Å². The highest BCUT2D eigenvalue weighted by Gasteiger charge is 2.14. The van der Waals surface area contributed by atoms with E-state index in [4.69, 9.17) is 11.6 Å². The molecule has 0 aliphatic carbocycles. The number of likely N-dealkylation sites (N-methyl/N-ethyl adjacent to an activating group) is 1. The van der Waals surface area contributed by atoms with Gasteiger partial charge in [-0.15, -0.1) is 0 Å². The zero-order valence-corrected chi connectivity index (χ0v) is 15.3. The first-order chi connectivity index (χ1) is 11.9. The van der Waals surface area contributed by atoms with Gasteiger partial charge in [0.05, 0.1) is 28.7 Å². The number of aliphatic imine (C=N–C) groups is 1. The van der Waals surface area contributed by atoms with Crippen molar-refractivity contribution >= 4 is 28.7 Å². The first-order valence-corrected chi connectivity index (χ1v) is 8.28. The Kier molecular flexibility index (Phi) is 6.31. The van der Waals surface area contributed by atoms with Gasteiger partial charge in [0.2, 0.25) is 0 Å². The molecular weight excluding hydrogens is 334 g/mol. The third kappa shape index (κ3) is 5.16. The first-order valence-electron chi connectivity index (χ1n) is 7.91. The number of nitrogens with zero attached hydrogens (tertiary/aromatic N) is 4. The fraction of sp³-hybridized carbons (Fsp3) is 0.211. The number of rotatable bonds is 7. The summed E-state index contributed by atoms with van der Waals surface area (Å²) in [5.41, 5.74) is 4.52. The molecule has 5 nitrogen and oxygen atoms in total. The molecule has 1 aliphatic rings. The summed E-state index contributed by atoms with van der Waals surface area (Å²) in [5.74, 6) is 0. The van der Waals surface area contributed by atoms with Gasteiger partial charge < -0.3 is 5.32 Å². The molecule has 0 atom stereocenters. The Labute approximate surface area is 153 Å². The van der Waals surface area contributed by atoms with Gasteiger partial charge in [-0.25, -0.2) is 0 Å². The van der Waals surface area contributed by atoms with E-state index in [0.29, 0.717) is 17.3 Å². The Morgan fingerprint density at radius 2 is 2.08 bits per heavy atom. The van der Waals surface area contributed by atoms with Crippen LogP contribution in [0.2, 0.25) is 5.02 Å². The average molecular weight is 356 g/mol. The van der Waals surface area contributed by atoms with Crippen LogP contribution < -0.4 is 5.32 Å². The van der Waals surface area contributed by atoms with Crippen LogP contribution >= 0.6 is 11.6 Å². The van der Waals surface area contributed by atoms with Crippen LogP contribution in [-0.4, -0.2) is 34.5 Å². The maximum atomic E-state index is 5.97. The summed E-state index contributed by atoms with van der Waals surface area (Å²) in [6.07, 6.45) is 7.04. The molecule has 130 valence electrons. The monoisotopic (exact) mass is 355 g/mol. The van der Waals surface area contributed by atoms with Crippen LogP contribution in [0.5, 0.6) is 0 Å². The second-order valence-corrected chi connectivity index (χ2v) is 5.97. The molecule has 0 aromatic carbocycles. The lowest BCUT2D eigenvalue weighted by molar-refractivity contribution is 0.398. The van der Waals surface area contributed by atoms with Crippen molar-refractivity contribution in [1.29, 1.82) is 0 Å². The van der Waals surface area contributed by atoms with Gasteiger partial charge in [0.1, 0.15) is 5.71 Å². The van der Waals surface area contributed by atoms with E-state index in [1.54, 1.807) is 23.5 Å². The molecule has 0 fully saturated rings. The third-order valence-electron chi connectivity index (χ3n) is 3.47. The number of hydrogen-bond donors (Lipinski definition) is 1. The predicted molar refractivity (Wildman–Crippen MR) is 107 cm³/mol. The van der Waals surface area contributed by atoms with Gasteiger partial charge in [-0.1, -0.05) is 31.3 Å². The van der Waals surface area contributed by atoms with Gasteiger partial charge in [0, 0.05) is 30.2 Å². The van der Waals surface area contributed by atoms with Gasteiger partial charge in [0.15, 0.2) is 0 Å². The van der Waals surface area contributed by atoms with Gasteiger partial charge in [0.25, 0.3) is 0 Å². The van der Waals surface area contributed by atoms with Crippen molar-refractivity contribution in [2.45, 2.75) is 13.8 Å². The van der Waals surface area contributed by atoms with Crippen LogP contribution in [0.3, 0.4) is 0 Å². The lowest BCUT2D eigenvalue weighted by Crippen LogP contribution is -2.29. The van der Waals surface area contributed by atoms with Gasteiger partial charge in [-0.3, -0.25) is 15.0 Å². The van der Waals surface area contributed by atoms with Gasteiger partial charge >= 0.3 is 0 Å². The minimum absolute atomic E-state index is 0.547. The molecular formula is C19H22ClN5. The van der Waals surface area contributed by atoms with E-state index in [1.165, 1.54) is 0 Å². The van der Waals surface area contributed by atoms with Crippen molar-refractivity contribution in [2.75, 3.05) is 13.1 Å². The lowest BCUT2D eigenvalue weighted by atomic mass is 10.2. The number of hydrogen-bond acceptors (Lipinski definition) is 5. The number of hydrazone groups is 1. The molecule has 0 amide bonds. The summed E-state index contributed by atoms with van der Waals surface area (Å²) in [6, 6.07) is 1.78. The van der Waals surface area contributed by atoms with Crippen molar-refractivity contribution in [1.82, 2.24) is 15.3 Å². The molecule has 0 saturated carbocycles. The number of pyridine rings is 1. The van der Waals surface area contributed by atoms with E-state index in [1.807, 2.05) is 26.0 Å².